The van der Waals surface area contributed by atoms with Crippen LogP contribution in [-0.2, 0) is 12.2 Å². The number of aromatic nitrogens is 2. The molecule has 3 aromatic rings. The van der Waals surface area contributed by atoms with Gasteiger partial charge < -0.3 is 5.32 Å². The second kappa shape index (κ2) is 8.80. The molecule has 0 spiro atoms. The molecule has 0 saturated heterocycles. The number of aryl methyl sites for hydroxylation is 2. The summed E-state index contributed by atoms with van der Waals surface area (Å²) in [4.78, 5) is 21.6. The molecular weight excluding hydrogens is 376 g/mol. The second-order valence-electron chi connectivity index (χ2n) is 5.78. The lowest BCUT2D eigenvalue weighted by Crippen LogP contribution is -2.15. The molecule has 0 bridgehead atoms. The standard InChI is InChI=1S/C20H18N4OS2/c1-3-18-23-16(11-26-18)12-27-20-14(10-21)9-17(13(2)22-20)19(25)24-15-7-5-4-6-8-15/h4-9,11H,3,12H2,1-2H3,(H,24,25). The van der Waals surface area contributed by atoms with E-state index in [2.05, 4.69) is 28.3 Å². The number of carbonyl (C=O) groups excluding carboxylic acids is 1. The van der Waals surface area contributed by atoms with E-state index in [-0.39, 0.29) is 5.91 Å². The van der Waals surface area contributed by atoms with Crippen LogP contribution in [0.3, 0.4) is 0 Å². The average molecular weight is 395 g/mol. The minimum atomic E-state index is -0.272. The zero-order valence-corrected chi connectivity index (χ0v) is 16.7. The van der Waals surface area contributed by atoms with Crippen LogP contribution in [0.5, 0.6) is 0 Å². The van der Waals surface area contributed by atoms with Crippen molar-refractivity contribution in [1.29, 1.82) is 5.26 Å². The summed E-state index contributed by atoms with van der Waals surface area (Å²) in [6.45, 7) is 3.86. The average Bonchev–Trinajstić information content (AvgIpc) is 3.15. The number of hydrogen-bond donors (Lipinski definition) is 1. The monoisotopic (exact) mass is 394 g/mol. The number of rotatable bonds is 6. The molecule has 7 heteroatoms. The summed E-state index contributed by atoms with van der Waals surface area (Å²) in [6.07, 6.45) is 0.918. The lowest BCUT2D eigenvalue weighted by atomic mass is 10.1. The van der Waals surface area contributed by atoms with Crippen LogP contribution in [0.15, 0.2) is 46.8 Å². The van der Waals surface area contributed by atoms with Crippen LogP contribution >= 0.6 is 23.1 Å². The van der Waals surface area contributed by atoms with Crippen molar-refractivity contribution >= 4 is 34.7 Å². The fraction of sp³-hybridized carbons (Fsp3) is 0.200. The Hall–Kier alpha value is -2.69. The van der Waals surface area contributed by atoms with Crippen LogP contribution in [0.25, 0.3) is 0 Å². The van der Waals surface area contributed by atoms with Crippen LogP contribution in [-0.4, -0.2) is 15.9 Å². The largest absolute Gasteiger partial charge is 0.322 e. The normalized spacial score (nSPS) is 10.4. The summed E-state index contributed by atoms with van der Waals surface area (Å²) in [5, 5.41) is 16.1. The Morgan fingerprint density at radius 2 is 2.07 bits per heavy atom. The highest BCUT2D eigenvalue weighted by molar-refractivity contribution is 7.98. The van der Waals surface area contributed by atoms with Crippen molar-refractivity contribution in [3.8, 4) is 6.07 Å². The minimum absolute atomic E-state index is 0.272. The molecule has 0 atom stereocenters. The minimum Gasteiger partial charge on any atom is -0.322 e. The van der Waals surface area contributed by atoms with Crippen molar-refractivity contribution in [2.45, 2.75) is 31.0 Å². The molecule has 0 aliphatic rings. The van der Waals surface area contributed by atoms with Crippen molar-refractivity contribution in [2.75, 3.05) is 5.32 Å². The number of carbonyl (C=O) groups is 1. The number of benzene rings is 1. The molecule has 0 fully saturated rings. The summed E-state index contributed by atoms with van der Waals surface area (Å²) in [5.74, 6) is 0.374. The van der Waals surface area contributed by atoms with Crippen LogP contribution in [0.1, 0.15) is 39.2 Å². The maximum atomic E-state index is 12.6. The summed E-state index contributed by atoms with van der Waals surface area (Å²) in [7, 11) is 0. The Balaban J connectivity index is 1.78. The Bertz CT molecular complexity index is 993. The van der Waals surface area contributed by atoms with E-state index in [1.54, 1.807) is 24.3 Å². The van der Waals surface area contributed by atoms with E-state index in [0.717, 1.165) is 17.1 Å². The molecule has 0 unspecified atom stereocenters. The van der Waals surface area contributed by atoms with Crippen molar-refractivity contribution in [2.24, 2.45) is 0 Å². The number of pyridine rings is 1. The van der Waals surface area contributed by atoms with Crippen LogP contribution in [0.4, 0.5) is 5.69 Å². The zero-order valence-electron chi connectivity index (χ0n) is 15.0. The Morgan fingerprint density at radius 3 is 2.74 bits per heavy atom. The first-order chi connectivity index (χ1) is 13.1. The van der Waals surface area contributed by atoms with Crippen molar-refractivity contribution in [3.63, 3.8) is 0 Å². The quantitative estimate of drug-likeness (QED) is 0.606. The smallest absolute Gasteiger partial charge is 0.257 e. The molecule has 1 N–H and O–H groups in total. The molecule has 0 aliphatic carbocycles. The molecule has 3 rings (SSSR count). The topological polar surface area (TPSA) is 78.7 Å². The molecule has 136 valence electrons. The molecule has 2 heterocycles. The number of anilines is 1. The third-order valence-corrected chi connectivity index (χ3v) is 5.90. The third-order valence-electron chi connectivity index (χ3n) is 3.83. The summed E-state index contributed by atoms with van der Waals surface area (Å²) in [5.41, 5.74) is 3.08. The molecule has 1 aromatic carbocycles. The van der Waals surface area contributed by atoms with Crippen molar-refractivity contribution < 1.29 is 4.79 Å². The van der Waals surface area contributed by atoms with Gasteiger partial charge in [0.15, 0.2) is 0 Å². The number of thioether (sulfide) groups is 1. The number of para-hydroxylation sites is 1. The summed E-state index contributed by atoms with van der Waals surface area (Å²) < 4.78 is 0. The maximum Gasteiger partial charge on any atom is 0.257 e. The molecule has 2 aromatic heterocycles. The van der Waals surface area contributed by atoms with Gasteiger partial charge in [-0.3, -0.25) is 4.79 Å². The molecule has 0 aliphatic heterocycles. The van der Waals surface area contributed by atoms with Crippen molar-refractivity contribution in [3.05, 3.63) is 69.3 Å². The number of amides is 1. The molecule has 0 radical (unpaired) electrons. The van der Waals surface area contributed by atoms with E-state index < -0.39 is 0 Å². The highest BCUT2D eigenvalue weighted by atomic mass is 32.2. The first-order valence-electron chi connectivity index (χ1n) is 8.45. The van der Waals surface area contributed by atoms with Crippen LogP contribution < -0.4 is 5.32 Å². The van der Waals surface area contributed by atoms with E-state index in [1.807, 2.05) is 35.7 Å². The van der Waals surface area contributed by atoms with E-state index in [4.69, 9.17) is 0 Å². The van der Waals surface area contributed by atoms with E-state index >= 15 is 0 Å². The molecular formula is C20H18N4OS2. The predicted octanol–water partition coefficient (Wildman–Crippen LogP) is 4.83. The van der Waals surface area contributed by atoms with Gasteiger partial charge >= 0.3 is 0 Å². The summed E-state index contributed by atoms with van der Waals surface area (Å²) >= 11 is 3.11. The summed E-state index contributed by atoms with van der Waals surface area (Å²) in [6, 6.07) is 13.0. The molecule has 5 nitrogen and oxygen atoms in total. The van der Waals surface area contributed by atoms with Gasteiger partial charge in [0.1, 0.15) is 11.1 Å². The Morgan fingerprint density at radius 1 is 1.30 bits per heavy atom. The van der Waals surface area contributed by atoms with Crippen LogP contribution in [0.2, 0.25) is 0 Å². The lowest BCUT2D eigenvalue weighted by Gasteiger charge is -2.10. The third kappa shape index (κ3) is 4.73. The van der Waals surface area contributed by atoms with Gasteiger partial charge in [-0.25, -0.2) is 9.97 Å². The predicted molar refractivity (Wildman–Crippen MR) is 109 cm³/mol. The van der Waals surface area contributed by atoms with Gasteiger partial charge in [0.2, 0.25) is 0 Å². The van der Waals surface area contributed by atoms with Gasteiger partial charge in [0.05, 0.1) is 27.5 Å². The van der Waals surface area contributed by atoms with Gasteiger partial charge in [-0.15, -0.1) is 11.3 Å². The Kier molecular flexibility index (Phi) is 6.22. The number of hydrogen-bond acceptors (Lipinski definition) is 6. The van der Waals surface area contributed by atoms with E-state index in [1.165, 1.54) is 11.8 Å². The molecule has 0 saturated carbocycles. The highest BCUT2D eigenvalue weighted by Gasteiger charge is 2.16. The first kappa shape index (κ1) is 19.1. The maximum absolute atomic E-state index is 12.6. The van der Waals surface area contributed by atoms with Gasteiger partial charge in [-0.1, -0.05) is 36.9 Å². The molecule has 1 amide bonds. The van der Waals surface area contributed by atoms with E-state index in [9.17, 15) is 10.1 Å². The fourth-order valence-electron chi connectivity index (χ4n) is 2.44. The molecule has 27 heavy (non-hydrogen) atoms. The van der Waals surface area contributed by atoms with Gasteiger partial charge in [0.25, 0.3) is 5.91 Å². The number of nitrogens with zero attached hydrogens (tertiary/aromatic N) is 3. The van der Waals surface area contributed by atoms with Gasteiger partial charge in [0, 0.05) is 16.8 Å². The number of nitrogens with one attached hydrogen (secondary N) is 1. The zero-order chi connectivity index (χ0) is 19.2. The van der Waals surface area contributed by atoms with Crippen LogP contribution in [0, 0.1) is 18.3 Å². The number of thiazole rings is 1. The SMILES string of the molecule is CCc1nc(CSc2nc(C)c(C(=O)Nc3ccccc3)cc2C#N)cs1. The highest BCUT2D eigenvalue weighted by Crippen LogP contribution is 2.27. The number of nitriles is 1. The van der Waals surface area contributed by atoms with Crippen molar-refractivity contribution in [1.82, 2.24) is 9.97 Å². The van der Waals surface area contributed by atoms with Gasteiger partial charge in [-0.2, -0.15) is 5.26 Å². The van der Waals surface area contributed by atoms with Gasteiger partial charge in [-0.05, 0) is 31.5 Å². The fourth-order valence-corrected chi connectivity index (χ4v) is 4.19. The van der Waals surface area contributed by atoms with E-state index in [0.29, 0.717) is 33.3 Å². The lowest BCUT2D eigenvalue weighted by molar-refractivity contribution is 0.102. The first-order valence-corrected chi connectivity index (χ1v) is 10.3. The Labute approximate surface area is 166 Å². The second-order valence-corrected chi connectivity index (χ2v) is 7.69.